The Hall–Kier alpha value is -2.90. The lowest BCUT2D eigenvalue weighted by Gasteiger charge is -1.96. The fourth-order valence-corrected chi connectivity index (χ4v) is 1.75. The summed E-state index contributed by atoms with van der Waals surface area (Å²) < 4.78 is 0. The molecule has 0 amide bonds. The molecule has 0 aromatic heterocycles. The molecule has 1 aromatic rings. The summed E-state index contributed by atoms with van der Waals surface area (Å²) in [4.78, 5) is 0. The van der Waals surface area contributed by atoms with Crippen molar-refractivity contribution in [3.8, 4) is 0 Å². The monoisotopic (exact) mass is 258 g/mol. The van der Waals surface area contributed by atoms with Gasteiger partial charge in [-0.15, -0.1) is 10.2 Å². The largest absolute Gasteiger partial charge is 0.369 e. The maximum atomic E-state index is 5.26. The molecule has 1 aliphatic rings. The molecular weight excluding hydrogens is 244 g/mol. The first-order chi connectivity index (χ1) is 9.08. The first-order valence-corrected chi connectivity index (χ1v) is 5.48. The Morgan fingerprint density at radius 1 is 0.789 bits per heavy atom. The van der Waals surface area contributed by atoms with Crippen molar-refractivity contribution in [3.63, 3.8) is 0 Å². The average molecular weight is 258 g/mol. The summed E-state index contributed by atoms with van der Waals surface area (Å²) in [5.74, 6) is -0.195. The highest BCUT2D eigenvalue weighted by molar-refractivity contribution is 6.28. The molecule has 0 saturated carbocycles. The zero-order valence-electron chi connectivity index (χ0n) is 10.1. The minimum absolute atomic E-state index is 0.0976. The van der Waals surface area contributed by atoms with Crippen molar-refractivity contribution < 1.29 is 0 Å². The number of hydrogen-bond acceptors (Lipinski definition) is 4. The van der Waals surface area contributed by atoms with Gasteiger partial charge in [-0.2, -0.15) is 10.2 Å². The Balaban J connectivity index is 2.45. The van der Waals surface area contributed by atoms with E-state index in [9.17, 15) is 0 Å². The Labute approximate surface area is 109 Å². The van der Waals surface area contributed by atoms with Crippen LogP contribution in [-0.4, -0.2) is 23.3 Å². The average Bonchev–Trinajstić information content (AvgIpc) is 2.72. The molecule has 1 aromatic carbocycles. The molecular formula is C11H14N8. The molecule has 19 heavy (non-hydrogen) atoms. The Kier molecular flexibility index (Phi) is 3.42. The summed E-state index contributed by atoms with van der Waals surface area (Å²) in [6, 6.07) is 7.61. The van der Waals surface area contributed by atoms with Crippen LogP contribution in [0.15, 0.2) is 44.7 Å². The van der Waals surface area contributed by atoms with Crippen molar-refractivity contribution in [2.24, 2.45) is 43.3 Å². The second-order valence-corrected chi connectivity index (χ2v) is 3.87. The van der Waals surface area contributed by atoms with E-state index in [-0.39, 0.29) is 11.9 Å². The van der Waals surface area contributed by atoms with Gasteiger partial charge in [0.1, 0.15) is 0 Å². The van der Waals surface area contributed by atoms with Gasteiger partial charge in [-0.1, -0.05) is 24.3 Å². The van der Waals surface area contributed by atoms with Crippen LogP contribution in [0.5, 0.6) is 0 Å². The number of rotatable bonds is 2. The van der Waals surface area contributed by atoms with Crippen LogP contribution in [0.25, 0.3) is 0 Å². The van der Waals surface area contributed by atoms with Gasteiger partial charge in [0.2, 0.25) is 11.9 Å². The quantitative estimate of drug-likeness (QED) is 0.306. The normalized spacial score (nSPS) is 17.3. The van der Waals surface area contributed by atoms with Crippen molar-refractivity contribution in [2.75, 3.05) is 0 Å². The third-order valence-corrected chi connectivity index (χ3v) is 2.46. The first-order valence-electron chi connectivity index (χ1n) is 5.48. The maximum absolute atomic E-state index is 5.26. The molecule has 0 unspecified atom stereocenters. The zero-order valence-corrected chi connectivity index (χ0v) is 10.1. The van der Waals surface area contributed by atoms with Gasteiger partial charge in [0.05, 0.1) is 11.4 Å². The number of benzene rings is 1. The molecule has 0 saturated heterocycles. The van der Waals surface area contributed by atoms with Crippen LogP contribution < -0.4 is 22.9 Å². The summed E-state index contributed by atoms with van der Waals surface area (Å²) in [6.45, 7) is 0. The van der Waals surface area contributed by atoms with E-state index >= 15 is 0 Å². The predicted octanol–water partition coefficient (Wildman–Crippen LogP) is -0.955. The molecule has 2 rings (SSSR count). The minimum atomic E-state index is -0.0976. The van der Waals surface area contributed by atoms with E-state index < -0.39 is 0 Å². The summed E-state index contributed by atoms with van der Waals surface area (Å²) in [6.07, 6.45) is 0.465. The molecule has 8 N–H and O–H groups in total. The van der Waals surface area contributed by atoms with E-state index in [1.54, 1.807) is 0 Å². The van der Waals surface area contributed by atoms with Crippen molar-refractivity contribution >= 4 is 23.3 Å². The maximum Gasteiger partial charge on any atom is 0.211 e. The number of fused-ring (bicyclic) bond motifs is 1. The van der Waals surface area contributed by atoms with Crippen LogP contribution in [-0.2, 0) is 0 Å². The highest BCUT2D eigenvalue weighted by Crippen LogP contribution is 2.23. The molecule has 98 valence electrons. The van der Waals surface area contributed by atoms with Crippen LogP contribution in [0.3, 0.4) is 0 Å². The number of nitrogens with zero attached hydrogens (tertiary/aromatic N) is 4. The van der Waals surface area contributed by atoms with E-state index in [2.05, 4.69) is 20.4 Å². The van der Waals surface area contributed by atoms with Gasteiger partial charge >= 0.3 is 0 Å². The van der Waals surface area contributed by atoms with Crippen LogP contribution in [0.4, 0.5) is 0 Å². The van der Waals surface area contributed by atoms with E-state index in [0.29, 0.717) is 17.8 Å². The molecule has 8 nitrogen and oxygen atoms in total. The molecule has 0 bridgehead atoms. The molecule has 0 atom stereocenters. The van der Waals surface area contributed by atoms with Crippen LogP contribution >= 0.6 is 0 Å². The lowest BCUT2D eigenvalue weighted by Crippen LogP contribution is -2.22. The highest BCUT2D eigenvalue weighted by atomic mass is 15.3. The van der Waals surface area contributed by atoms with E-state index in [1.807, 2.05) is 24.3 Å². The Bertz CT molecular complexity index is 550. The second kappa shape index (κ2) is 5.17. The van der Waals surface area contributed by atoms with E-state index in [1.165, 1.54) is 0 Å². The van der Waals surface area contributed by atoms with Gasteiger partial charge in [0.25, 0.3) is 0 Å². The van der Waals surface area contributed by atoms with Crippen LogP contribution in [0, 0.1) is 0 Å². The van der Waals surface area contributed by atoms with Crippen molar-refractivity contribution in [1.29, 1.82) is 0 Å². The number of nitrogens with two attached hydrogens (primary N) is 4. The smallest absolute Gasteiger partial charge is 0.211 e. The van der Waals surface area contributed by atoms with Crippen LogP contribution in [0.2, 0.25) is 0 Å². The predicted molar refractivity (Wildman–Crippen MR) is 75.8 cm³/mol. The highest BCUT2D eigenvalue weighted by Gasteiger charge is 2.23. The van der Waals surface area contributed by atoms with Gasteiger partial charge in [-0.3, -0.25) is 0 Å². The van der Waals surface area contributed by atoms with Gasteiger partial charge in [-0.25, -0.2) is 0 Å². The fraction of sp³-hybridized carbons (Fsp3) is 0.0909. The number of hydrogen-bond donors (Lipinski definition) is 4. The van der Waals surface area contributed by atoms with Crippen molar-refractivity contribution in [1.82, 2.24) is 0 Å². The topological polar surface area (TPSA) is 154 Å². The molecule has 8 heteroatoms. The molecule has 0 aliphatic heterocycles. The van der Waals surface area contributed by atoms with Gasteiger partial charge in [0, 0.05) is 17.5 Å². The van der Waals surface area contributed by atoms with E-state index in [4.69, 9.17) is 22.9 Å². The molecule has 0 spiro atoms. The van der Waals surface area contributed by atoms with Crippen molar-refractivity contribution in [2.45, 2.75) is 6.42 Å². The Morgan fingerprint density at radius 2 is 1.21 bits per heavy atom. The van der Waals surface area contributed by atoms with Crippen molar-refractivity contribution in [3.05, 3.63) is 35.4 Å². The molecule has 0 fully saturated rings. The third-order valence-electron chi connectivity index (χ3n) is 2.46. The third kappa shape index (κ3) is 2.86. The molecule has 0 radical (unpaired) electrons. The number of guanidine groups is 2. The van der Waals surface area contributed by atoms with Gasteiger partial charge in [-0.05, 0) is 0 Å². The Morgan fingerprint density at radius 3 is 1.58 bits per heavy atom. The lowest BCUT2D eigenvalue weighted by atomic mass is 10.1. The second-order valence-electron chi connectivity index (χ2n) is 3.87. The zero-order chi connectivity index (χ0) is 13.8. The molecule has 0 heterocycles. The minimum Gasteiger partial charge on any atom is -0.369 e. The fourth-order valence-electron chi connectivity index (χ4n) is 1.75. The molecule has 1 aliphatic carbocycles. The van der Waals surface area contributed by atoms with Crippen LogP contribution in [0.1, 0.15) is 17.5 Å². The summed E-state index contributed by atoms with van der Waals surface area (Å²) >= 11 is 0. The lowest BCUT2D eigenvalue weighted by molar-refractivity contribution is 1.18. The SMILES string of the molecule is NC(N)=N/N=C1\C/C(=N\N=C(N)N)c2ccccc21. The first kappa shape index (κ1) is 12.6. The summed E-state index contributed by atoms with van der Waals surface area (Å²) in [7, 11) is 0. The van der Waals surface area contributed by atoms with Gasteiger partial charge < -0.3 is 22.9 Å². The summed E-state index contributed by atoms with van der Waals surface area (Å²) in [5, 5.41) is 15.3. The standard InChI is InChI=1S/C11H14N8/c12-10(13)18-16-8-5-9(17-19-11(14)15)7-4-2-1-3-6(7)8/h1-4H,5H2,(H4,12,13,18)(H4,14,15,19)/b16-8+,17-9+. The van der Waals surface area contributed by atoms with Gasteiger partial charge in [0.15, 0.2) is 0 Å². The summed E-state index contributed by atoms with van der Waals surface area (Å²) in [5.41, 5.74) is 24.3. The van der Waals surface area contributed by atoms with E-state index in [0.717, 1.165) is 11.1 Å².